The van der Waals surface area contributed by atoms with E-state index in [0.29, 0.717) is 0 Å². The first-order chi connectivity index (χ1) is 10.8. The molecule has 1 rings (SSSR count). The van der Waals surface area contributed by atoms with Gasteiger partial charge < -0.3 is 14.3 Å². The van der Waals surface area contributed by atoms with Crippen molar-refractivity contribution in [3.63, 3.8) is 0 Å². The Morgan fingerprint density at radius 2 is 1.71 bits per heavy atom. The van der Waals surface area contributed by atoms with Gasteiger partial charge in [0.15, 0.2) is 13.9 Å². The third kappa shape index (κ3) is 3.80. The zero-order valence-electron chi connectivity index (χ0n) is 17.1. The van der Waals surface area contributed by atoms with Crippen LogP contribution in [-0.2, 0) is 9.16 Å². The highest BCUT2D eigenvalue weighted by Gasteiger charge is 2.58. The van der Waals surface area contributed by atoms with Gasteiger partial charge in [0.05, 0.1) is 0 Å². The van der Waals surface area contributed by atoms with Gasteiger partial charge in [0.1, 0.15) is 5.60 Å². The SMILES string of the molecule is CO[C@@]1(C)C(C)=C(C)[C@]1(O)C#CCCCCO[Si](C)(C)C(C)(C)C. The van der Waals surface area contributed by atoms with Crippen LogP contribution in [0.3, 0.4) is 0 Å². The standard InChI is InChI=1S/C20H36O3Si/c1-16-17(2)20(21,19(16,6)22-7)14-12-10-11-13-15-23-24(8,9)18(3,4)5/h21H,10-11,13,15H2,1-9H3/t19-,20+/m0/s1. The van der Waals surface area contributed by atoms with Gasteiger partial charge in [0.25, 0.3) is 0 Å². The summed E-state index contributed by atoms with van der Waals surface area (Å²) in [5.74, 6) is 6.18. The molecule has 0 heterocycles. The van der Waals surface area contributed by atoms with Crippen LogP contribution in [-0.4, -0.2) is 38.3 Å². The molecule has 1 aliphatic rings. The van der Waals surface area contributed by atoms with E-state index in [4.69, 9.17) is 9.16 Å². The van der Waals surface area contributed by atoms with Crippen molar-refractivity contribution < 1.29 is 14.3 Å². The topological polar surface area (TPSA) is 38.7 Å². The molecule has 0 fully saturated rings. The van der Waals surface area contributed by atoms with Gasteiger partial charge in [-0.05, 0) is 62.9 Å². The predicted molar refractivity (Wildman–Crippen MR) is 104 cm³/mol. The fraction of sp³-hybridized carbons (Fsp3) is 0.800. The molecule has 0 saturated carbocycles. The van der Waals surface area contributed by atoms with E-state index in [9.17, 15) is 5.11 Å². The highest BCUT2D eigenvalue weighted by molar-refractivity contribution is 6.74. The molecule has 0 radical (unpaired) electrons. The van der Waals surface area contributed by atoms with Crippen molar-refractivity contribution in [3.8, 4) is 11.8 Å². The number of hydrogen-bond acceptors (Lipinski definition) is 3. The van der Waals surface area contributed by atoms with Crippen molar-refractivity contribution in [2.24, 2.45) is 0 Å². The van der Waals surface area contributed by atoms with Crippen LogP contribution in [0, 0.1) is 11.8 Å². The van der Waals surface area contributed by atoms with Crippen molar-refractivity contribution in [2.45, 2.75) is 90.1 Å². The summed E-state index contributed by atoms with van der Waals surface area (Å²) in [6, 6.07) is 0. The van der Waals surface area contributed by atoms with Gasteiger partial charge in [-0.25, -0.2) is 0 Å². The van der Waals surface area contributed by atoms with Gasteiger partial charge >= 0.3 is 0 Å². The minimum Gasteiger partial charge on any atom is -0.417 e. The number of aliphatic hydroxyl groups is 1. The molecule has 0 unspecified atom stereocenters. The number of rotatable bonds is 6. The molecule has 1 aliphatic carbocycles. The summed E-state index contributed by atoms with van der Waals surface area (Å²) >= 11 is 0. The maximum Gasteiger partial charge on any atom is 0.191 e. The second-order valence-corrected chi connectivity index (χ2v) is 13.4. The third-order valence-electron chi connectivity index (χ3n) is 6.15. The van der Waals surface area contributed by atoms with Crippen LogP contribution in [0.15, 0.2) is 11.1 Å². The van der Waals surface area contributed by atoms with Crippen molar-refractivity contribution in [2.75, 3.05) is 13.7 Å². The smallest absolute Gasteiger partial charge is 0.191 e. The van der Waals surface area contributed by atoms with Gasteiger partial charge in [-0.15, -0.1) is 0 Å². The zero-order valence-corrected chi connectivity index (χ0v) is 18.1. The molecule has 0 saturated heterocycles. The minimum atomic E-state index is -1.64. The van der Waals surface area contributed by atoms with Crippen molar-refractivity contribution in [1.82, 2.24) is 0 Å². The van der Waals surface area contributed by atoms with E-state index in [1.54, 1.807) is 7.11 Å². The van der Waals surface area contributed by atoms with Crippen molar-refractivity contribution >= 4 is 8.32 Å². The molecule has 24 heavy (non-hydrogen) atoms. The Balaban J connectivity index is 2.45. The summed E-state index contributed by atoms with van der Waals surface area (Å²) in [6.45, 7) is 18.0. The number of ether oxygens (including phenoxy) is 1. The minimum absolute atomic E-state index is 0.257. The highest BCUT2D eigenvalue weighted by Crippen LogP contribution is 2.49. The van der Waals surface area contributed by atoms with Crippen LogP contribution in [0.4, 0.5) is 0 Å². The fourth-order valence-electron chi connectivity index (χ4n) is 2.76. The molecular formula is C20H36O3Si. The molecule has 0 bridgehead atoms. The summed E-state index contributed by atoms with van der Waals surface area (Å²) in [5.41, 5.74) is 0.157. The Bertz CT molecular complexity index is 547. The largest absolute Gasteiger partial charge is 0.417 e. The molecular weight excluding hydrogens is 316 g/mol. The van der Waals surface area contributed by atoms with Gasteiger partial charge in [-0.1, -0.05) is 32.6 Å². The first-order valence-corrected chi connectivity index (χ1v) is 11.8. The van der Waals surface area contributed by atoms with E-state index in [1.165, 1.54) is 0 Å². The van der Waals surface area contributed by atoms with E-state index in [-0.39, 0.29) is 5.04 Å². The molecule has 0 aromatic rings. The summed E-state index contributed by atoms with van der Waals surface area (Å²) in [6.07, 6.45) is 2.77. The van der Waals surface area contributed by atoms with Gasteiger partial charge in [-0.2, -0.15) is 0 Å². The van der Waals surface area contributed by atoms with E-state index in [0.717, 1.165) is 37.0 Å². The monoisotopic (exact) mass is 352 g/mol. The Labute approximate surface area is 150 Å². The van der Waals surface area contributed by atoms with Crippen LogP contribution < -0.4 is 0 Å². The predicted octanol–water partition coefficient (Wildman–Crippen LogP) is 4.67. The van der Waals surface area contributed by atoms with Crippen LogP contribution in [0.2, 0.25) is 18.1 Å². The van der Waals surface area contributed by atoms with Crippen molar-refractivity contribution in [1.29, 1.82) is 0 Å². The molecule has 0 amide bonds. The average Bonchev–Trinajstić information content (AvgIpc) is 2.50. The molecule has 138 valence electrons. The highest BCUT2D eigenvalue weighted by atomic mass is 28.4. The Morgan fingerprint density at radius 1 is 1.12 bits per heavy atom. The van der Waals surface area contributed by atoms with Crippen LogP contribution >= 0.6 is 0 Å². The van der Waals surface area contributed by atoms with Gasteiger partial charge in [0, 0.05) is 20.1 Å². The normalized spacial score (nSPS) is 27.6. The maximum atomic E-state index is 10.8. The van der Waals surface area contributed by atoms with E-state index < -0.39 is 19.5 Å². The first kappa shape index (κ1) is 21.4. The molecule has 3 nitrogen and oxygen atoms in total. The molecule has 0 spiro atoms. The lowest BCUT2D eigenvalue weighted by Gasteiger charge is -2.51. The van der Waals surface area contributed by atoms with Gasteiger partial charge in [-0.3, -0.25) is 0 Å². The quantitative estimate of drug-likeness (QED) is 0.327. The molecule has 1 N–H and O–H groups in total. The Hall–Kier alpha value is -0.603. The number of hydrogen-bond donors (Lipinski definition) is 1. The third-order valence-corrected chi connectivity index (χ3v) is 10.7. The maximum absolute atomic E-state index is 10.8. The summed E-state index contributed by atoms with van der Waals surface area (Å²) in [5, 5.41) is 11.0. The average molecular weight is 353 g/mol. The fourth-order valence-corrected chi connectivity index (χ4v) is 3.85. The lowest BCUT2D eigenvalue weighted by molar-refractivity contribution is -0.111. The van der Waals surface area contributed by atoms with Crippen LogP contribution in [0.1, 0.15) is 60.8 Å². The number of methoxy groups -OCH3 is 1. The zero-order chi connectivity index (χ0) is 18.8. The van der Waals surface area contributed by atoms with Gasteiger partial charge in [0.2, 0.25) is 0 Å². The van der Waals surface area contributed by atoms with Crippen LogP contribution in [0.25, 0.3) is 0 Å². The van der Waals surface area contributed by atoms with E-state index in [1.807, 2.05) is 20.8 Å². The summed E-state index contributed by atoms with van der Waals surface area (Å²) < 4.78 is 11.7. The van der Waals surface area contributed by atoms with E-state index in [2.05, 4.69) is 45.7 Å². The second kappa shape index (κ2) is 7.33. The molecule has 2 atom stereocenters. The first-order valence-electron chi connectivity index (χ1n) is 8.93. The lowest BCUT2D eigenvalue weighted by atomic mass is 9.62. The molecule has 0 aromatic carbocycles. The number of unbranched alkanes of at least 4 members (excludes halogenated alkanes) is 2. The van der Waals surface area contributed by atoms with Crippen molar-refractivity contribution in [3.05, 3.63) is 11.1 Å². The van der Waals surface area contributed by atoms with Crippen LogP contribution in [0.5, 0.6) is 0 Å². The lowest BCUT2D eigenvalue weighted by Crippen LogP contribution is -2.62. The second-order valence-electron chi connectivity index (χ2n) is 8.57. The summed E-state index contributed by atoms with van der Waals surface area (Å²) in [4.78, 5) is 0. The molecule has 0 aromatic heterocycles. The Kier molecular flexibility index (Phi) is 6.55. The molecule has 0 aliphatic heterocycles. The van der Waals surface area contributed by atoms with E-state index >= 15 is 0 Å². The molecule has 4 heteroatoms. The Morgan fingerprint density at radius 3 is 2.21 bits per heavy atom. The summed E-state index contributed by atoms with van der Waals surface area (Å²) in [7, 11) is -0.0137.